The van der Waals surface area contributed by atoms with Crippen LogP contribution in [-0.4, -0.2) is 4.98 Å². The van der Waals surface area contributed by atoms with Crippen molar-refractivity contribution in [1.29, 1.82) is 0 Å². The van der Waals surface area contributed by atoms with Crippen molar-refractivity contribution in [1.82, 2.24) is 10.3 Å². The number of rotatable bonds is 6. The van der Waals surface area contributed by atoms with Gasteiger partial charge < -0.3 is 5.32 Å². The normalized spacial score (nSPS) is 10.5. The topological polar surface area (TPSA) is 24.9 Å². The molecule has 0 radical (unpaired) electrons. The summed E-state index contributed by atoms with van der Waals surface area (Å²) in [5.41, 5.74) is 4.38. The summed E-state index contributed by atoms with van der Waals surface area (Å²) in [4.78, 5) is 4.42. The zero-order chi connectivity index (χ0) is 17.6. The Balaban J connectivity index is 1.57. The highest BCUT2D eigenvalue weighted by molar-refractivity contribution is 5.58. The molecule has 1 aromatic heterocycles. The molecule has 4 heteroatoms. The third kappa shape index (κ3) is 4.73. The van der Waals surface area contributed by atoms with Crippen molar-refractivity contribution in [2.24, 2.45) is 0 Å². The second kappa shape index (κ2) is 7.71. The lowest BCUT2D eigenvalue weighted by Crippen LogP contribution is -2.13. The maximum Gasteiger partial charge on any atom is 0.123 e. The highest BCUT2D eigenvalue weighted by Gasteiger charge is 2.03. The molecule has 0 saturated carbocycles. The van der Waals surface area contributed by atoms with Gasteiger partial charge in [-0.05, 0) is 53.6 Å². The van der Waals surface area contributed by atoms with Crippen LogP contribution in [0.15, 0.2) is 79.1 Å². The predicted octanol–water partition coefficient (Wildman–Crippen LogP) is 4.87. The van der Waals surface area contributed by atoms with Gasteiger partial charge >= 0.3 is 0 Å². The summed E-state index contributed by atoms with van der Waals surface area (Å²) in [5, 5.41) is 3.20. The van der Waals surface area contributed by atoms with Gasteiger partial charge in [-0.1, -0.05) is 24.8 Å². The molecule has 126 valence electrons. The highest BCUT2D eigenvalue weighted by Crippen LogP contribution is 2.18. The van der Waals surface area contributed by atoms with Gasteiger partial charge in [-0.15, -0.1) is 0 Å². The molecule has 0 spiro atoms. The Morgan fingerprint density at radius 2 is 1.72 bits per heavy atom. The van der Waals surface area contributed by atoms with Gasteiger partial charge in [-0.25, -0.2) is 8.78 Å². The molecule has 0 bridgehead atoms. The van der Waals surface area contributed by atoms with E-state index in [0.717, 1.165) is 28.1 Å². The van der Waals surface area contributed by atoms with Crippen molar-refractivity contribution in [3.05, 3.63) is 102 Å². The fourth-order valence-corrected chi connectivity index (χ4v) is 2.50. The van der Waals surface area contributed by atoms with Gasteiger partial charge in [0.05, 0.1) is 5.69 Å². The van der Waals surface area contributed by atoms with E-state index in [4.69, 9.17) is 0 Å². The zero-order valence-corrected chi connectivity index (χ0v) is 13.7. The Bertz CT molecular complexity index is 856. The minimum absolute atomic E-state index is 0.245. The number of nitrogens with zero attached hydrogens (tertiary/aromatic N) is 1. The van der Waals surface area contributed by atoms with Gasteiger partial charge in [0.15, 0.2) is 0 Å². The summed E-state index contributed by atoms with van der Waals surface area (Å²) in [6, 6.07) is 16.6. The quantitative estimate of drug-likeness (QED) is 0.694. The van der Waals surface area contributed by atoms with Crippen molar-refractivity contribution >= 4 is 0 Å². The Kier molecular flexibility index (Phi) is 5.19. The monoisotopic (exact) mass is 336 g/mol. The third-order valence-corrected chi connectivity index (χ3v) is 3.81. The summed E-state index contributed by atoms with van der Waals surface area (Å²) in [5.74, 6) is -0.508. The molecule has 2 aromatic carbocycles. The lowest BCUT2D eigenvalue weighted by Gasteiger charge is -2.10. The largest absolute Gasteiger partial charge is 0.384 e. The van der Waals surface area contributed by atoms with Crippen LogP contribution in [0.1, 0.15) is 11.1 Å². The van der Waals surface area contributed by atoms with Crippen molar-refractivity contribution in [3.8, 4) is 11.3 Å². The lowest BCUT2D eigenvalue weighted by atomic mass is 10.1. The fraction of sp³-hybridized carbons (Fsp3) is 0.0952. The van der Waals surface area contributed by atoms with E-state index in [-0.39, 0.29) is 11.6 Å². The van der Waals surface area contributed by atoms with Gasteiger partial charge in [0.1, 0.15) is 11.6 Å². The van der Waals surface area contributed by atoms with E-state index in [1.165, 1.54) is 24.3 Å². The average molecular weight is 336 g/mol. The smallest absolute Gasteiger partial charge is 0.123 e. The molecular weight excluding hydrogens is 318 g/mol. The Morgan fingerprint density at radius 1 is 0.920 bits per heavy atom. The number of hydrogen-bond donors (Lipinski definition) is 1. The molecule has 0 unspecified atom stereocenters. The van der Waals surface area contributed by atoms with E-state index in [2.05, 4.69) is 16.9 Å². The van der Waals surface area contributed by atoms with Crippen LogP contribution >= 0.6 is 0 Å². The molecule has 0 atom stereocenters. The first-order valence-corrected chi connectivity index (χ1v) is 7.97. The molecule has 0 fully saturated rings. The number of benzene rings is 2. The van der Waals surface area contributed by atoms with Gasteiger partial charge in [-0.3, -0.25) is 4.98 Å². The van der Waals surface area contributed by atoms with Crippen molar-refractivity contribution in [3.63, 3.8) is 0 Å². The average Bonchev–Trinajstić information content (AvgIpc) is 2.62. The SMILES string of the molecule is C=C(Cc1ccc(-c2ccc(F)cc2)nc1)NCc1cccc(F)c1. The number of allylic oxidation sites excluding steroid dienone is 1. The molecule has 1 heterocycles. The first-order valence-electron chi connectivity index (χ1n) is 7.97. The van der Waals surface area contributed by atoms with Crippen molar-refractivity contribution < 1.29 is 8.78 Å². The number of hydrogen-bond acceptors (Lipinski definition) is 2. The number of nitrogens with one attached hydrogen (secondary N) is 1. The van der Waals surface area contributed by atoms with Crippen LogP contribution in [0.3, 0.4) is 0 Å². The molecule has 0 aliphatic heterocycles. The van der Waals surface area contributed by atoms with Crippen LogP contribution in [0, 0.1) is 11.6 Å². The van der Waals surface area contributed by atoms with Crippen LogP contribution in [0.4, 0.5) is 8.78 Å². The summed E-state index contributed by atoms with van der Waals surface area (Å²) in [6.45, 7) is 4.53. The molecule has 0 aliphatic rings. The van der Waals surface area contributed by atoms with Gasteiger partial charge in [-0.2, -0.15) is 0 Å². The summed E-state index contributed by atoms with van der Waals surface area (Å²) >= 11 is 0. The van der Waals surface area contributed by atoms with E-state index < -0.39 is 0 Å². The van der Waals surface area contributed by atoms with E-state index in [1.54, 1.807) is 24.4 Å². The maximum atomic E-state index is 13.2. The molecule has 3 aromatic rings. The second-order valence-electron chi connectivity index (χ2n) is 5.82. The van der Waals surface area contributed by atoms with Gasteiger partial charge in [0, 0.05) is 30.4 Å². The standard InChI is InChI=1S/C21H18F2N2/c1-15(24-13-16-3-2-4-20(23)12-16)11-17-5-10-21(25-14-17)18-6-8-19(22)9-7-18/h2-10,12,14,24H,1,11,13H2. The van der Waals surface area contributed by atoms with E-state index in [1.807, 2.05) is 18.2 Å². The molecular formula is C21H18F2N2. The summed E-state index contributed by atoms with van der Waals surface area (Å²) < 4.78 is 26.1. The zero-order valence-electron chi connectivity index (χ0n) is 13.7. The first kappa shape index (κ1) is 16.8. The molecule has 1 N–H and O–H groups in total. The molecule has 2 nitrogen and oxygen atoms in total. The maximum absolute atomic E-state index is 13.2. The van der Waals surface area contributed by atoms with Gasteiger partial charge in [0.25, 0.3) is 0 Å². The number of aromatic nitrogens is 1. The molecule has 25 heavy (non-hydrogen) atoms. The number of halogens is 2. The molecule has 0 aliphatic carbocycles. The Labute approximate surface area is 145 Å². The lowest BCUT2D eigenvalue weighted by molar-refractivity contribution is 0.623. The first-order chi connectivity index (χ1) is 12.1. The fourth-order valence-electron chi connectivity index (χ4n) is 2.50. The van der Waals surface area contributed by atoms with Crippen molar-refractivity contribution in [2.75, 3.05) is 0 Å². The van der Waals surface area contributed by atoms with Crippen LogP contribution < -0.4 is 5.32 Å². The minimum atomic E-state index is -0.263. The minimum Gasteiger partial charge on any atom is -0.384 e. The van der Waals surface area contributed by atoms with Crippen LogP contribution in [0.25, 0.3) is 11.3 Å². The van der Waals surface area contributed by atoms with E-state index in [9.17, 15) is 8.78 Å². The molecule has 0 amide bonds. The second-order valence-corrected chi connectivity index (χ2v) is 5.82. The van der Waals surface area contributed by atoms with Crippen LogP contribution in [-0.2, 0) is 13.0 Å². The predicted molar refractivity (Wildman–Crippen MR) is 95.7 cm³/mol. The molecule has 0 saturated heterocycles. The summed E-state index contributed by atoms with van der Waals surface area (Å²) in [6.07, 6.45) is 2.42. The number of pyridine rings is 1. The van der Waals surface area contributed by atoms with Gasteiger partial charge in [0.2, 0.25) is 0 Å². The van der Waals surface area contributed by atoms with E-state index >= 15 is 0 Å². The Hall–Kier alpha value is -3.01. The van der Waals surface area contributed by atoms with E-state index in [0.29, 0.717) is 13.0 Å². The van der Waals surface area contributed by atoms with Crippen molar-refractivity contribution in [2.45, 2.75) is 13.0 Å². The third-order valence-electron chi connectivity index (χ3n) is 3.81. The van der Waals surface area contributed by atoms with Crippen LogP contribution in [0.2, 0.25) is 0 Å². The highest BCUT2D eigenvalue weighted by atomic mass is 19.1. The van der Waals surface area contributed by atoms with Crippen LogP contribution in [0.5, 0.6) is 0 Å². The summed E-state index contributed by atoms with van der Waals surface area (Å²) in [7, 11) is 0. The Morgan fingerprint density at radius 3 is 2.40 bits per heavy atom. The molecule has 3 rings (SSSR count).